The molecule has 0 saturated heterocycles. The molecule has 48 heavy (non-hydrogen) atoms. The van der Waals surface area contributed by atoms with Crippen LogP contribution in [0, 0.1) is 10.8 Å². The van der Waals surface area contributed by atoms with Crippen molar-refractivity contribution >= 4 is 0 Å². The van der Waals surface area contributed by atoms with E-state index in [-0.39, 0.29) is 10.8 Å². The van der Waals surface area contributed by atoms with Crippen LogP contribution in [0.15, 0.2) is 133 Å². The van der Waals surface area contributed by atoms with Gasteiger partial charge in [0, 0.05) is 10.8 Å². The fourth-order valence-electron chi connectivity index (χ4n) is 5.13. The van der Waals surface area contributed by atoms with E-state index in [9.17, 15) is 0 Å². The molecule has 256 valence electrons. The molecule has 6 heteroatoms. The molecule has 0 aliphatic rings. The van der Waals surface area contributed by atoms with Gasteiger partial charge in [0.05, 0.1) is 79.3 Å². The molecule has 6 nitrogen and oxygen atoms in total. The standard InChI is InChI=1S/C42H52O6/c1-36(24-43-30-41(2,32-45-26-37-16-8-4-9-17-37)33-46-27-38-18-10-5-11-19-38)25-44-31-42(3,34-47-28-39-20-12-6-13-21-39)35-48-29-40-22-14-7-15-23-40/h4-23H,1,24-35H2,2-3H3. The second kappa shape index (κ2) is 20.7. The van der Waals surface area contributed by atoms with Crippen molar-refractivity contribution in [2.45, 2.75) is 40.3 Å². The van der Waals surface area contributed by atoms with E-state index >= 15 is 0 Å². The van der Waals surface area contributed by atoms with Crippen LogP contribution in [0.25, 0.3) is 0 Å². The van der Waals surface area contributed by atoms with Gasteiger partial charge in [-0.05, 0) is 27.8 Å². The SMILES string of the molecule is C=C(COCC(C)(COCc1ccccc1)COCc1ccccc1)COCC(C)(COCc1ccccc1)COCc1ccccc1. The van der Waals surface area contributed by atoms with Crippen LogP contribution in [0.5, 0.6) is 0 Å². The molecular formula is C42H52O6. The van der Waals surface area contributed by atoms with E-state index in [4.69, 9.17) is 28.4 Å². The van der Waals surface area contributed by atoms with Gasteiger partial charge in [-0.25, -0.2) is 0 Å². The van der Waals surface area contributed by atoms with Crippen LogP contribution >= 0.6 is 0 Å². The first-order valence-electron chi connectivity index (χ1n) is 16.7. The van der Waals surface area contributed by atoms with Gasteiger partial charge in [0.2, 0.25) is 0 Å². The molecule has 4 rings (SSSR count). The first-order valence-corrected chi connectivity index (χ1v) is 16.7. The molecule has 0 fully saturated rings. The van der Waals surface area contributed by atoms with Crippen LogP contribution in [0.1, 0.15) is 36.1 Å². The van der Waals surface area contributed by atoms with Gasteiger partial charge in [-0.2, -0.15) is 0 Å². The van der Waals surface area contributed by atoms with Crippen molar-refractivity contribution in [3.05, 3.63) is 156 Å². The highest BCUT2D eigenvalue weighted by Gasteiger charge is 2.28. The Morgan fingerprint density at radius 2 is 0.625 bits per heavy atom. The summed E-state index contributed by atoms with van der Waals surface area (Å²) >= 11 is 0. The topological polar surface area (TPSA) is 55.4 Å². The Bertz CT molecular complexity index is 1210. The van der Waals surface area contributed by atoms with E-state index in [1.807, 2.05) is 72.8 Å². The van der Waals surface area contributed by atoms with Gasteiger partial charge < -0.3 is 28.4 Å². The fourth-order valence-corrected chi connectivity index (χ4v) is 5.13. The average molecular weight is 653 g/mol. The van der Waals surface area contributed by atoms with Gasteiger partial charge in [-0.1, -0.05) is 142 Å². The van der Waals surface area contributed by atoms with Gasteiger partial charge in [-0.3, -0.25) is 0 Å². The third kappa shape index (κ3) is 14.7. The van der Waals surface area contributed by atoms with Crippen molar-refractivity contribution in [2.75, 3.05) is 52.9 Å². The molecule has 4 aromatic carbocycles. The zero-order valence-electron chi connectivity index (χ0n) is 28.7. The molecule has 0 amide bonds. The maximum Gasteiger partial charge on any atom is 0.0717 e. The zero-order valence-corrected chi connectivity index (χ0v) is 28.7. The van der Waals surface area contributed by atoms with E-state index in [1.54, 1.807) is 0 Å². The lowest BCUT2D eigenvalue weighted by atomic mass is 9.94. The minimum atomic E-state index is -0.338. The summed E-state index contributed by atoms with van der Waals surface area (Å²) in [5.41, 5.74) is 4.74. The largest absolute Gasteiger partial charge is 0.376 e. The first kappa shape index (κ1) is 37.2. The maximum absolute atomic E-state index is 6.19. The summed E-state index contributed by atoms with van der Waals surface area (Å²) < 4.78 is 36.9. The van der Waals surface area contributed by atoms with E-state index in [2.05, 4.69) is 69.0 Å². The normalized spacial score (nSPS) is 11.9. The third-order valence-electron chi connectivity index (χ3n) is 7.76. The number of hydrogen-bond donors (Lipinski definition) is 0. The van der Waals surface area contributed by atoms with Crippen LogP contribution in [-0.2, 0) is 54.8 Å². The Morgan fingerprint density at radius 1 is 0.396 bits per heavy atom. The lowest BCUT2D eigenvalue weighted by Gasteiger charge is -2.30. The molecule has 0 atom stereocenters. The van der Waals surface area contributed by atoms with Crippen molar-refractivity contribution in [1.29, 1.82) is 0 Å². The molecule has 0 bridgehead atoms. The predicted molar refractivity (Wildman–Crippen MR) is 191 cm³/mol. The van der Waals surface area contributed by atoms with E-state index in [0.717, 1.165) is 27.8 Å². The van der Waals surface area contributed by atoms with Crippen molar-refractivity contribution < 1.29 is 28.4 Å². The highest BCUT2D eigenvalue weighted by Crippen LogP contribution is 2.23. The quantitative estimate of drug-likeness (QED) is 0.0709. The summed E-state index contributed by atoms with van der Waals surface area (Å²) in [5, 5.41) is 0. The molecule has 0 aliphatic carbocycles. The summed E-state index contributed by atoms with van der Waals surface area (Å²) in [7, 11) is 0. The highest BCUT2D eigenvalue weighted by atomic mass is 16.5. The Labute approximate surface area is 287 Å². The molecule has 0 heterocycles. The van der Waals surface area contributed by atoms with E-state index < -0.39 is 0 Å². The highest BCUT2D eigenvalue weighted by molar-refractivity contribution is 5.15. The number of rotatable bonds is 24. The Morgan fingerprint density at radius 3 is 0.875 bits per heavy atom. The molecule has 0 radical (unpaired) electrons. The summed E-state index contributed by atoms with van der Waals surface area (Å²) in [6, 6.07) is 40.8. The summed E-state index contributed by atoms with van der Waals surface area (Å²) in [6.07, 6.45) is 0. The molecular weight excluding hydrogens is 600 g/mol. The van der Waals surface area contributed by atoms with Crippen LogP contribution in [-0.4, -0.2) is 52.9 Å². The molecule has 0 spiro atoms. The van der Waals surface area contributed by atoms with Crippen molar-refractivity contribution in [3.63, 3.8) is 0 Å². The van der Waals surface area contributed by atoms with Crippen molar-refractivity contribution in [2.24, 2.45) is 10.8 Å². The molecule has 4 aromatic rings. The number of benzene rings is 4. The zero-order chi connectivity index (χ0) is 33.8. The number of hydrogen-bond acceptors (Lipinski definition) is 6. The van der Waals surface area contributed by atoms with Crippen LogP contribution in [0.3, 0.4) is 0 Å². The Hall–Kier alpha value is -3.62. The lowest BCUT2D eigenvalue weighted by Crippen LogP contribution is -2.35. The van der Waals surface area contributed by atoms with Gasteiger partial charge >= 0.3 is 0 Å². The average Bonchev–Trinajstić information content (AvgIpc) is 3.10. The molecule has 0 unspecified atom stereocenters. The van der Waals surface area contributed by atoms with Gasteiger partial charge in [0.1, 0.15) is 0 Å². The van der Waals surface area contributed by atoms with E-state index in [0.29, 0.717) is 79.3 Å². The molecule has 0 N–H and O–H groups in total. The Kier molecular flexibility index (Phi) is 16.0. The molecule has 0 aromatic heterocycles. The lowest BCUT2D eigenvalue weighted by molar-refractivity contribution is -0.0705. The Balaban J connectivity index is 1.23. The van der Waals surface area contributed by atoms with Crippen molar-refractivity contribution in [3.8, 4) is 0 Å². The minimum absolute atomic E-state index is 0.338. The second-order valence-corrected chi connectivity index (χ2v) is 13.3. The fraction of sp³-hybridized carbons (Fsp3) is 0.381. The smallest absolute Gasteiger partial charge is 0.0717 e. The van der Waals surface area contributed by atoms with Crippen LogP contribution in [0.4, 0.5) is 0 Å². The predicted octanol–water partition coefficient (Wildman–Crippen LogP) is 8.46. The third-order valence-corrected chi connectivity index (χ3v) is 7.76. The van der Waals surface area contributed by atoms with Gasteiger partial charge in [0.15, 0.2) is 0 Å². The second-order valence-electron chi connectivity index (χ2n) is 13.3. The first-order chi connectivity index (χ1) is 23.4. The van der Waals surface area contributed by atoms with Gasteiger partial charge in [0.25, 0.3) is 0 Å². The van der Waals surface area contributed by atoms with Crippen LogP contribution < -0.4 is 0 Å². The molecule has 0 saturated carbocycles. The van der Waals surface area contributed by atoms with E-state index in [1.165, 1.54) is 0 Å². The number of ether oxygens (including phenoxy) is 6. The van der Waals surface area contributed by atoms with Crippen LogP contribution in [0.2, 0.25) is 0 Å². The molecule has 0 aliphatic heterocycles. The minimum Gasteiger partial charge on any atom is -0.376 e. The summed E-state index contributed by atoms with van der Waals surface area (Å²) in [4.78, 5) is 0. The summed E-state index contributed by atoms with van der Waals surface area (Å²) in [5.74, 6) is 0. The maximum atomic E-state index is 6.19. The monoisotopic (exact) mass is 652 g/mol. The van der Waals surface area contributed by atoms with Crippen molar-refractivity contribution in [1.82, 2.24) is 0 Å². The van der Waals surface area contributed by atoms with Gasteiger partial charge in [-0.15, -0.1) is 0 Å². The summed E-state index contributed by atoms with van der Waals surface area (Å²) in [6.45, 7) is 14.4.